The van der Waals surface area contributed by atoms with Gasteiger partial charge in [0.15, 0.2) is 0 Å². The summed E-state index contributed by atoms with van der Waals surface area (Å²) in [5.41, 5.74) is 6.88. The van der Waals surface area contributed by atoms with E-state index in [1.807, 2.05) is 30.3 Å². The number of hydrogen-bond acceptors (Lipinski definition) is 4. The highest BCUT2D eigenvalue weighted by Crippen LogP contribution is 2.73. The van der Waals surface area contributed by atoms with Crippen LogP contribution >= 0.6 is 0 Å². The lowest BCUT2D eigenvalue weighted by Gasteiger charge is -2.28. The monoisotopic (exact) mass is 387 g/mol. The summed E-state index contributed by atoms with van der Waals surface area (Å²) in [6.07, 6.45) is 4.13. The highest BCUT2D eigenvalue weighted by atomic mass is 19.3. The number of carbonyl (C=O) groups excluding carboxylic acids is 1. The molecule has 1 amide bonds. The molecule has 148 valence electrons. The molecule has 0 radical (unpaired) electrons. The number of hydrazine groups is 1. The first-order valence-electron chi connectivity index (χ1n) is 9.64. The fourth-order valence-corrected chi connectivity index (χ4v) is 5.00. The molecule has 5 rings (SSSR count). The van der Waals surface area contributed by atoms with E-state index in [2.05, 4.69) is 21.3 Å². The second-order valence-corrected chi connectivity index (χ2v) is 8.47. The second kappa shape index (κ2) is 6.09. The number of rotatable bonds is 4. The van der Waals surface area contributed by atoms with Crippen LogP contribution < -0.4 is 16.2 Å². The summed E-state index contributed by atoms with van der Waals surface area (Å²) in [5, 5.41) is 7.16. The normalized spacial score (nSPS) is 35.1. The highest BCUT2D eigenvalue weighted by Gasteiger charge is 2.80. The predicted octanol–water partition coefficient (Wildman–Crippen LogP) is 2.40. The minimum atomic E-state index is -2.61. The Morgan fingerprint density at radius 3 is 2.89 bits per heavy atom. The number of aromatic nitrogens is 2. The van der Waals surface area contributed by atoms with Crippen molar-refractivity contribution in [3.8, 4) is 0 Å². The van der Waals surface area contributed by atoms with Gasteiger partial charge in [0.05, 0.1) is 18.4 Å². The predicted molar refractivity (Wildman–Crippen MR) is 99.5 cm³/mol. The van der Waals surface area contributed by atoms with Crippen molar-refractivity contribution in [2.24, 2.45) is 17.3 Å². The van der Waals surface area contributed by atoms with Crippen LogP contribution in [-0.4, -0.2) is 33.7 Å². The maximum atomic E-state index is 14.1. The number of nitrogens with zero attached hydrogens (tertiary/aromatic N) is 2. The van der Waals surface area contributed by atoms with E-state index >= 15 is 0 Å². The summed E-state index contributed by atoms with van der Waals surface area (Å²) < 4.78 is 29.9. The van der Waals surface area contributed by atoms with Gasteiger partial charge in [-0.25, -0.2) is 14.2 Å². The number of amides is 1. The Morgan fingerprint density at radius 1 is 1.32 bits per heavy atom. The van der Waals surface area contributed by atoms with E-state index in [4.69, 9.17) is 0 Å². The van der Waals surface area contributed by atoms with Crippen LogP contribution in [0.1, 0.15) is 25.3 Å². The highest BCUT2D eigenvalue weighted by molar-refractivity contribution is 5.95. The number of benzene rings is 1. The molecular formula is C20H23F2N5O. The summed E-state index contributed by atoms with van der Waals surface area (Å²) in [5.74, 6) is -3.58. The van der Waals surface area contributed by atoms with Gasteiger partial charge in [-0.05, 0) is 18.4 Å². The molecule has 1 aromatic carbocycles. The Kier molecular flexibility index (Phi) is 3.86. The molecule has 1 aromatic heterocycles. The lowest BCUT2D eigenvalue weighted by molar-refractivity contribution is -0.119. The number of alkyl halides is 2. The zero-order valence-corrected chi connectivity index (χ0v) is 15.5. The summed E-state index contributed by atoms with van der Waals surface area (Å²) >= 11 is 0. The minimum Gasteiger partial charge on any atom is -0.322 e. The van der Waals surface area contributed by atoms with Crippen molar-refractivity contribution in [2.75, 3.05) is 5.32 Å². The largest absolute Gasteiger partial charge is 0.322 e. The van der Waals surface area contributed by atoms with Crippen LogP contribution in [0.4, 0.5) is 14.5 Å². The summed E-state index contributed by atoms with van der Waals surface area (Å²) in [4.78, 5) is 12.8. The van der Waals surface area contributed by atoms with Gasteiger partial charge in [-0.1, -0.05) is 37.3 Å². The lowest BCUT2D eigenvalue weighted by atomic mass is 9.77. The SMILES string of the molecule is CC12CC3NNC(C(=O)Nc4cnn(Cc5ccccc5)c4)C3CC1C2(F)F. The fraction of sp³-hybridized carbons (Fsp3) is 0.500. The molecule has 2 saturated carbocycles. The first-order chi connectivity index (χ1) is 13.4. The van der Waals surface area contributed by atoms with Gasteiger partial charge in [-0.3, -0.25) is 14.9 Å². The molecule has 0 spiro atoms. The number of carbonyl (C=O) groups is 1. The van der Waals surface area contributed by atoms with Crippen LogP contribution in [-0.2, 0) is 11.3 Å². The molecule has 3 N–H and O–H groups in total. The van der Waals surface area contributed by atoms with Crippen molar-refractivity contribution in [1.29, 1.82) is 0 Å². The number of hydrogen-bond donors (Lipinski definition) is 3. The quantitative estimate of drug-likeness (QED) is 0.754. The van der Waals surface area contributed by atoms with E-state index in [1.165, 1.54) is 0 Å². The van der Waals surface area contributed by atoms with Crippen molar-refractivity contribution >= 4 is 11.6 Å². The Labute approximate surface area is 161 Å². The number of nitrogens with one attached hydrogen (secondary N) is 3. The third-order valence-corrected chi connectivity index (χ3v) is 6.78. The van der Waals surface area contributed by atoms with Crippen LogP contribution in [0.2, 0.25) is 0 Å². The number of anilines is 1. The van der Waals surface area contributed by atoms with Gasteiger partial charge in [0.2, 0.25) is 5.91 Å². The van der Waals surface area contributed by atoms with Crippen LogP contribution in [0.3, 0.4) is 0 Å². The molecule has 5 atom stereocenters. The molecule has 1 aliphatic heterocycles. The minimum absolute atomic E-state index is 0.105. The van der Waals surface area contributed by atoms with E-state index in [0.29, 0.717) is 25.1 Å². The van der Waals surface area contributed by atoms with Crippen LogP contribution in [0, 0.1) is 17.3 Å². The summed E-state index contributed by atoms with van der Waals surface area (Å²) in [6, 6.07) is 9.29. The number of fused-ring (bicyclic) bond motifs is 2. The zero-order chi connectivity index (χ0) is 19.5. The number of halogens is 2. The topological polar surface area (TPSA) is 71.0 Å². The van der Waals surface area contributed by atoms with Gasteiger partial charge in [0, 0.05) is 29.5 Å². The van der Waals surface area contributed by atoms with Gasteiger partial charge in [0.25, 0.3) is 5.92 Å². The average Bonchev–Trinajstić information content (AvgIpc) is 3.08. The van der Waals surface area contributed by atoms with Crippen molar-refractivity contribution in [1.82, 2.24) is 20.6 Å². The molecule has 28 heavy (non-hydrogen) atoms. The van der Waals surface area contributed by atoms with Gasteiger partial charge in [-0.15, -0.1) is 0 Å². The first kappa shape index (κ1) is 17.8. The second-order valence-electron chi connectivity index (χ2n) is 8.47. The molecule has 6 nitrogen and oxygen atoms in total. The van der Waals surface area contributed by atoms with E-state index in [-0.39, 0.29) is 17.9 Å². The van der Waals surface area contributed by atoms with Crippen LogP contribution in [0.25, 0.3) is 0 Å². The third kappa shape index (κ3) is 2.66. The van der Waals surface area contributed by atoms with E-state index in [1.54, 1.807) is 24.0 Å². The zero-order valence-electron chi connectivity index (χ0n) is 15.5. The van der Waals surface area contributed by atoms with Gasteiger partial charge in [0.1, 0.15) is 6.04 Å². The Morgan fingerprint density at radius 2 is 2.11 bits per heavy atom. The molecular weight excluding hydrogens is 364 g/mol. The van der Waals surface area contributed by atoms with Crippen LogP contribution in [0.5, 0.6) is 0 Å². The molecule has 2 aliphatic carbocycles. The Balaban J connectivity index is 1.23. The molecule has 3 aliphatic rings. The molecule has 2 heterocycles. The average molecular weight is 387 g/mol. The Bertz CT molecular complexity index is 901. The lowest BCUT2D eigenvalue weighted by Crippen LogP contribution is -2.42. The maximum absolute atomic E-state index is 14.1. The van der Waals surface area contributed by atoms with Gasteiger partial charge < -0.3 is 5.32 Å². The molecule has 1 saturated heterocycles. The molecule has 0 bridgehead atoms. The first-order valence-corrected chi connectivity index (χ1v) is 9.64. The van der Waals surface area contributed by atoms with E-state index < -0.39 is 23.3 Å². The smallest absolute Gasteiger partial charge is 0.257 e. The van der Waals surface area contributed by atoms with Crippen molar-refractivity contribution in [3.63, 3.8) is 0 Å². The molecule has 5 unspecified atom stereocenters. The fourth-order valence-electron chi connectivity index (χ4n) is 5.00. The molecule has 3 fully saturated rings. The molecule has 8 heteroatoms. The van der Waals surface area contributed by atoms with Crippen LogP contribution in [0.15, 0.2) is 42.7 Å². The van der Waals surface area contributed by atoms with E-state index in [9.17, 15) is 13.6 Å². The third-order valence-electron chi connectivity index (χ3n) is 6.78. The van der Waals surface area contributed by atoms with Crippen molar-refractivity contribution < 1.29 is 13.6 Å². The standard InChI is InChI=1S/C20H23F2N5O/c1-19-8-15-14(7-16(19)20(19,21)22)17(26-25-15)18(28)24-13-9-23-27(11-13)10-12-5-3-2-4-6-12/h2-6,9,11,14-17,25-26H,7-8,10H2,1H3,(H,24,28). The van der Waals surface area contributed by atoms with Gasteiger partial charge >= 0.3 is 0 Å². The summed E-state index contributed by atoms with van der Waals surface area (Å²) in [7, 11) is 0. The molecule has 2 aromatic rings. The maximum Gasteiger partial charge on any atom is 0.257 e. The van der Waals surface area contributed by atoms with Crippen molar-refractivity contribution in [3.05, 3.63) is 48.3 Å². The summed E-state index contributed by atoms with van der Waals surface area (Å²) in [6.45, 7) is 2.27. The van der Waals surface area contributed by atoms with E-state index in [0.717, 1.165) is 5.56 Å². The van der Waals surface area contributed by atoms with Gasteiger partial charge in [-0.2, -0.15) is 5.10 Å². The van der Waals surface area contributed by atoms with Crippen molar-refractivity contribution in [2.45, 2.75) is 44.3 Å². The Hall–Kier alpha value is -2.32.